The van der Waals surface area contributed by atoms with Crippen molar-refractivity contribution in [1.29, 1.82) is 0 Å². The molecule has 0 unspecified atom stereocenters. The molecular formula is C11H23. The first kappa shape index (κ1) is 11.0. The molecule has 0 N–H and O–H groups in total. The molecule has 0 fully saturated rings. The standard InChI is InChI=1S/C11H23/c1-4-5-6-7-8-9-10-11(2)3/h5,11H,4,6-10H2,1-3H3. The predicted octanol–water partition coefficient (Wildman–Crippen LogP) is 4.21. The molecule has 0 rings (SSSR count). The quantitative estimate of drug-likeness (QED) is 0.483. The molecular weight excluding hydrogens is 132 g/mol. The molecule has 0 saturated heterocycles. The monoisotopic (exact) mass is 155 g/mol. The van der Waals surface area contributed by atoms with Crippen molar-refractivity contribution in [2.45, 2.75) is 59.3 Å². The first-order chi connectivity index (χ1) is 5.27. The molecule has 67 valence electrons. The first-order valence-corrected chi connectivity index (χ1v) is 5.09. The predicted molar refractivity (Wildman–Crippen MR) is 52.5 cm³/mol. The lowest BCUT2D eigenvalue weighted by Gasteiger charge is -2.03. The van der Waals surface area contributed by atoms with Gasteiger partial charge in [-0.25, -0.2) is 0 Å². The lowest BCUT2D eigenvalue weighted by molar-refractivity contribution is 0.525. The maximum absolute atomic E-state index is 2.38. The van der Waals surface area contributed by atoms with Gasteiger partial charge in [-0.15, -0.1) is 0 Å². The molecule has 0 bridgehead atoms. The van der Waals surface area contributed by atoms with Gasteiger partial charge in [-0.1, -0.05) is 59.3 Å². The fourth-order valence-electron chi connectivity index (χ4n) is 1.22. The van der Waals surface area contributed by atoms with E-state index in [1.807, 2.05) is 0 Å². The molecule has 1 radical (unpaired) electrons. The number of rotatable bonds is 7. The Morgan fingerprint density at radius 3 is 2.36 bits per heavy atom. The average molecular weight is 155 g/mol. The minimum Gasteiger partial charge on any atom is -0.0651 e. The third-order valence-electron chi connectivity index (χ3n) is 1.98. The molecule has 0 atom stereocenters. The summed E-state index contributed by atoms with van der Waals surface area (Å²) in [5.41, 5.74) is 0. The van der Waals surface area contributed by atoms with Crippen LogP contribution in [-0.4, -0.2) is 0 Å². The van der Waals surface area contributed by atoms with E-state index in [1.54, 1.807) is 0 Å². The second kappa shape index (κ2) is 8.10. The number of hydrogen-bond donors (Lipinski definition) is 0. The minimum atomic E-state index is 0.894. The molecule has 0 heteroatoms. The van der Waals surface area contributed by atoms with Crippen LogP contribution in [0.4, 0.5) is 0 Å². The summed E-state index contributed by atoms with van der Waals surface area (Å²) in [5, 5.41) is 0. The summed E-state index contributed by atoms with van der Waals surface area (Å²) in [6.07, 6.45) is 10.6. The Labute approximate surface area is 72.4 Å². The lowest BCUT2D eigenvalue weighted by atomic mass is 10.0. The van der Waals surface area contributed by atoms with Crippen LogP contribution in [0.25, 0.3) is 0 Å². The van der Waals surface area contributed by atoms with Crippen molar-refractivity contribution in [3.8, 4) is 0 Å². The third kappa shape index (κ3) is 10.0. The molecule has 11 heavy (non-hydrogen) atoms. The van der Waals surface area contributed by atoms with Gasteiger partial charge in [0.25, 0.3) is 0 Å². The summed E-state index contributed by atoms with van der Waals surface area (Å²) in [6.45, 7) is 6.82. The van der Waals surface area contributed by atoms with Crippen LogP contribution in [0.1, 0.15) is 59.3 Å². The van der Waals surface area contributed by atoms with Crippen molar-refractivity contribution < 1.29 is 0 Å². The summed E-state index contributed by atoms with van der Waals surface area (Å²) in [7, 11) is 0. The number of unbranched alkanes of at least 4 members (excludes halogenated alkanes) is 5. The van der Waals surface area contributed by atoms with Crippen molar-refractivity contribution in [2.24, 2.45) is 5.92 Å². The Morgan fingerprint density at radius 1 is 1.09 bits per heavy atom. The average Bonchev–Trinajstić information content (AvgIpc) is 1.96. The van der Waals surface area contributed by atoms with E-state index in [-0.39, 0.29) is 0 Å². The highest BCUT2D eigenvalue weighted by Gasteiger charge is 1.93. The van der Waals surface area contributed by atoms with Gasteiger partial charge in [0.2, 0.25) is 0 Å². The van der Waals surface area contributed by atoms with Crippen LogP contribution in [0.5, 0.6) is 0 Å². The summed E-state index contributed by atoms with van der Waals surface area (Å²) >= 11 is 0. The van der Waals surface area contributed by atoms with Crippen molar-refractivity contribution in [3.63, 3.8) is 0 Å². The summed E-state index contributed by atoms with van der Waals surface area (Å²) < 4.78 is 0. The molecule has 0 heterocycles. The third-order valence-corrected chi connectivity index (χ3v) is 1.98. The van der Waals surface area contributed by atoms with Crippen molar-refractivity contribution >= 4 is 0 Å². The lowest BCUT2D eigenvalue weighted by Crippen LogP contribution is -1.87. The Hall–Kier alpha value is 0. The zero-order chi connectivity index (χ0) is 8.53. The fraction of sp³-hybridized carbons (Fsp3) is 0.909. The van der Waals surface area contributed by atoms with Gasteiger partial charge >= 0.3 is 0 Å². The summed E-state index contributed by atoms with van der Waals surface area (Å²) in [6, 6.07) is 0. The van der Waals surface area contributed by atoms with Gasteiger partial charge < -0.3 is 0 Å². The Bertz CT molecular complexity index is 64.4. The summed E-state index contributed by atoms with van der Waals surface area (Å²) in [4.78, 5) is 0. The van der Waals surface area contributed by atoms with Gasteiger partial charge in [-0.3, -0.25) is 0 Å². The molecule has 0 amide bonds. The maximum atomic E-state index is 2.38. The Kier molecular flexibility index (Phi) is 8.10. The van der Waals surface area contributed by atoms with E-state index in [1.165, 1.54) is 38.5 Å². The van der Waals surface area contributed by atoms with Gasteiger partial charge in [0.05, 0.1) is 0 Å². The second-order valence-corrected chi connectivity index (χ2v) is 3.73. The zero-order valence-electron chi connectivity index (χ0n) is 8.40. The molecule has 0 aliphatic carbocycles. The fourth-order valence-corrected chi connectivity index (χ4v) is 1.22. The maximum Gasteiger partial charge on any atom is -0.0389 e. The Morgan fingerprint density at radius 2 is 1.82 bits per heavy atom. The van der Waals surface area contributed by atoms with Crippen molar-refractivity contribution in [3.05, 3.63) is 6.42 Å². The molecule has 0 aliphatic heterocycles. The second-order valence-electron chi connectivity index (χ2n) is 3.73. The van der Waals surface area contributed by atoms with Crippen LogP contribution in [0.2, 0.25) is 0 Å². The van der Waals surface area contributed by atoms with E-state index < -0.39 is 0 Å². The summed E-state index contributed by atoms with van der Waals surface area (Å²) in [5.74, 6) is 0.894. The van der Waals surface area contributed by atoms with Crippen molar-refractivity contribution in [1.82, 2.24) is 0 Å². The van der Waals surface area contributed by atoms with Crippen LogP contribution >= 0.6 is 0 Å². The van der Waals surface area contributed by atoms with Gasteiger partial charge in [-0.05, 0) is 12.3 Å². The highest BCUT2D eigenvalue weighted by Crippen LogP contribution is 2.10. The first-order valence-electron chi connectivity index (χ1n) is 5.09. The van der Waals surface area contributed by atoms with Crippen LogP contribution in [-0.2, 0) is 0 Å². The molecule has 0 aliphatic rings. The van der Waals surface area contributed by atoms with Crippen LogP contribution < -0.4 is 0 Å². The largest absolute Gasteiger partial charge is 0.0651 e. The SMILES string of the molecule is CC[CH]CCCCCC(C)C. The van der Waals surface area contributed by atoms with Crippen LogP contribution in [0, 0.1) is 12.3 Å². The van der Waals surface area contributed by atoms with Gasteiger partial charge in [0, 0.05) is 0 Å². The van der Waals surface area contributed by atoms with Gasteiger partial charge in [0.15, 0.2) is 0 Å². The smallest absolute Gasteiger partial charge is 0.0389 e. The molecule has 0 nitrogen and oxygen atoms in total. The van der Waals surface area contributed by atoms with Crippen LogP contribution in [0.15, 0.2) is 0 Å². The molecule has 0 spiro atoms. The van der Waals surface area contributed by atoms with E-state index in [0.29, 0.717) is 0 Å². The topological polar surface area (TPSA) is 0 Å². The Balaban J connectivity index is 2.80. The normalized spacial score (nSPS) is 10.9. The highest BCUT2D eigenvalue weighted by molar-refractivity contribution is 4.60. The zero-order valence-corrected chi connectivity index (χ0v) is 8.40. The van der Waals surface area contributed by atoms with E-state index in [0.717, 1.165) is 5.92 Å². The molecule has 0 saturated carbocycles. The van der Waals surface area contributed by atoms with Gasteiger partial charge in [0.1, 0.15) is 0 Å². The molecule has 0 aromatic carbocycles. The van der Waals surface area contributed by atoms with Crippen LogP contribution in [0.3, 0.4) is 0 Å². The van der Waals surface area contributed by atoms with E-state index in [9.17, 15) is 0 Å². The van der Waals surface area contributed by atoms with Crippen molar-refractivity contribution in [2.75, 3.05) is 0 Å². The number of hydrogen-bond acceptors (Lipinski definition) is 0. The van der Waals surface area contributed by atoms with Gasteiger partial charge in [-0.2, -0.15) is 0 Å². The highest BCUT2D eigenvalue weighted by atomic mass is 14.0. The molecule has 0 aromatic rings. The van der Waals surface area contributed by atoms with E-state index in [4.69, 9.17) is 0 Å². The minimum absolute atomic E-state index is 0.894. The van der Waals surface area contributed by atoms with E-state index in [2.05, 4.69) is 27.2 Å². The van der Waals surface area contributed by atoms with E-state index >= 15 is 0 Å². The molecule has 0 aromatic heterocycles.